The summed E-state index contributed by atoms with van der Waals surface area (Å²) in [6, 6.07) is 0. The van der Waals surface area contributed by atoms with Crippen LogP contribution in [0.15, 0.2) is 12.5 Å². The molecule has 2 nitrogen and oxygen atoms in total. The van der Waals surface area contributed by atoms with Crippen LogP contribution in [0.2, 0.25) is 0 Å². The van der Waals surface area contributed by atoms with E-state index in [0.29, 0.717) is 19.2 Å². The summed E-state index contributed by atoms with van der Waals surface area (Å²) < 4.78 is 9.47. The average Bonchev–Trinajstić information content (AvgIpc) is 1.86. The van der Waals surface area contributed by atoms with Gasteiger partial charge in [-0.3, -0.25) is 0 Å². The van der Waals surface area contributed by atoms with Crippen molar-refractivity contribution >= 4 is 0 Å². The summed E-state index contributed by atoms with van der Waals surface area (Å²) in [5.41, 5.74) is 0. The van der Waals surface area contributed by atoms with Gasteiger partial charge in [0.1, 0.15) is 13.2 Å². The molecule has 1 aliphatic heterocycles. The third-order valence-electron chi connectivity index (χ3n) is 0.609. The van der Waals surface area contributed by atoms with Crippen LogP contribution in [0.4, 0.5) is 0 Å². The van der Waals surface area contributed by atoms with Crippen LogP contribution in [0.1, 0.15) is 0 Å². The molecular weight excluding hydrogens is 80.0 g/mol. The molecule has 1 heterocycles. The van der Waals surface area contributed by atoms with Gasteiger partial charge in [0, 0.05) is 0 Å². The van der Waals surface area contributed by atoms with Crippen molar-refractivity contribution in [3.8, 4) is 0 Å². The largest absolute Gasteiger partial charge is 0.462 e. The molecule has 0 atom stereocenters. The maximum absolute atomic E-state index is 4.74. The lowest BCUT2D eigenvalue weighted by Crippen LogP contribution is -1.79. The molecule has 0 aromatic rings. The van der Waals surface area contributed by atoms with Crippen molar-refractivity contribution in [2.24, 2.45) is 0 Å². The quantitative estimate of drug-likeness (QED) is 0.427. The maximum atomic E-state index is 4.74. The van der Waals surface area contributed by atoms with Crippen molar-refractivity contribution in [1.29, 1.82) is 0 Å². The van der Waals surface area contributed by atoms with E-state index in [2.05, 4.69) is 6.58 Å². The van der Waals surface area contributed by atoms with Crippen molar-refractivity contribution in [3.63, 3.8) is 0 Å². The molecule has 2 heteroatoms. The first kappa shape index (κ1) is 3.53. The number of hydrogen-bond acceptors (Lipinski definition) is 2. The minimum Gasteiger partial charge on any atom is -0.462 e. The summed E-state index contributed by atoms with van der Waals surface area (Å²) >= 11 is 0. The minimum absolute atomic E-state index is 0.454. The Morgan fingerprint density at radius 1 is 1.33 bits per heavy atom. The van der Waals surface area contributed by atoms with Crippen LogP contribution in [-0.2, 0) is 9.47 Å². The lowest BCUT2D eigenvalue weighted by atomic mass is 10.8. The zero-order valence-electron chi connectivity index (χ0n) is 3.44. The van der Waals surface area contributed by atoms with Crippen LogP contribution in [0, 0.1) is 0 Å². The summed E-state index contributed by atoms with van der Waals surface area (Å²) in [5, 5.41) is 0. The van der Waals surface area contributed by atoms with E-state index < -0.39 is 0 Å². The summed E-state index contributed by atoms with van der Waals surface area (Å²) in [4.78, 5) is 0. The lowest BCUT2D eigenvalue weighted by molar-refractivity contribution is 0.178. The van der Waals surface area contributed by atoms with E-state index in [1.54, 1.807) is 0 Å². The van der Waals surface area contributed by atoms with E-state index in [1.165, 1.54) is 0 Å². The predicted octanol–water partition coefficient (Wildman–Crippen LogP) is 0.504. The van der Waals surface area contributed by atoms with Crippen molar-refractivity contribution in [2.75, 3.05) is 13.2 Å². The maximum Gasteiger partial charge on any atom is 0.271 e. The Labute approximate surface area is 36.4 Å². The Kier molecular flexibility index (Phi) is 0.708. The van der Waals surface area contributed by atoms with Crippen LogP contribution in [-0.4, -0.2) is 13.2 Å². The lowest BCUT2D eigenvalue weighted by Gasteiger charge is -1.87. The highest BCUT2D eigenvalue weighted by atomic mass is 16.7. The van der Waals surface area contributed by atoms with E-state index in [4.69, 9.17) is 9.47 Å². The molecule has 0 amide bonds. The fourth-order valence-electron chi connectivity index (χ4n) is 0.353. The highest BCUT2D eigenvalue weighted by molar-refractivity contribution is 4.71. The first-order chi connectivity index (χ1) is 2.89. The smallest absolute Gasteiger partial charge is 0.271 e. The molecule has 0 saturated carbocycles. The third-order valence-corrected chi connectivity index (χ3v) is 0.609. The van der Waals surface area contributed by atoms with Crippen LogP contribution in [0.25, 0.3) is 0 Å². The molecule has 1 saturated heterocycles. The average molecular weight is 86.1 g/mol. The SMILES string of the molecule is C=C1OCCO1. The monoisotopic (exact) mass is 86.0 g/mol. The molecular formula is C4H6O2. The van der Waals surface area contributed by atoms with E-state index in [-0.39, 0.29) is 0 Å². The minimum atomic E-state index is 0.454. The Morgan fingerprint density at radius 3 is 2.00 bits per heavy atom. The second-order valence-corrected chi connectivity index (χ2v) is 1.07. The molecule has 0 N–H and O–H groups in total. The predicted molar refractivity (Wildman–Crippen MR) is 21.0 cm³/mol. The topological polar surface area (TPSA) is 18.5 Å². The zero-order chi connectivity index (χ0) is 4.41. The molecule has 34 valence electrons. The summed E-state index contributed by atoms with van der Waals surface area (Å²) in [5.74, 6) is 0.454. The summed E-state index contributed by atoms with van der Waals surface area (Å²) in [6.45, 7) is 4.74. The van der Waals surface area contributed by atoms with Gasteiger partial charge in [-0.15, -0.1) is 0 Å². The van der Waals surface area contributed by atoms with E-state index in [9.17, 15) is 0 Å². The fourth-order valence-corrected chi connectivity index (χ4v) is 0.353. The molecule has 0 aromatic carbocycles. The fraction of sp³-hybridized carbons (Fsp3) is 0.500. The first-order valence-electron chi connectivity index (χ1n) is 1.84. The Bertz CT molecular complexity index is 59.9. The molecule has 0 radical (unpaired) electrons. The standard InChI is InChI=1S/C4H6O2/c1-4-5-2-3-6-4/h1-3H2. The van der Waals surface area contributed by atoms with Crippen LogP contribution < -0.4 is 0 Å². The van der Waals surface area contributed by atoms with Gasteiger partial charge in [-0.25, -0.2) is 0 Å². The molecule has 0 bridgehead atoms. The van der Waals surface area contributed by atoms with Crippen LogP contribution >= 0.6 is 0 Å². The molecule has 6 heavy (non-hydrogen) atoms. The van der Waals surface area contributed by atoms with Crippen molar-refractivity contribution < 1.29 is 9.47 Å². The van der Waals surface area contributed by atoms with Gasteiger partial charge < -0.3 is 9.47 Å². The number of hydrogen-bond donors (Lipinski definition) is 0. The van der Waals surface area contributed by atoms with Crippen molar-refractivity contribution in [2.45, 2.75) is 0 Å². The van der Waals surface area contributed by atoms with E-state index in [1.807, 2.05) is 0 Å². The van der Waals surface area contributed by atoms with Crippen molar-refractivity contribution in [3.05, 3.63) is 12.5 Å². The zero-order valence-corrected chi connectivity index (χ0v) is 3.44. The molecule has 0 spiro atoms. The molecule has 1 fully saturated rings. The molecule has 0 unspecified atom stereocenters. The second kappa shape index (κ2) is 1.20. The van der Waals surface area contributed by atoms with Gasteiger partial charge in [-0.1, -0.05) is 0 Å². The Morgan fingerprint density at radius 2 is 1.83 bits per heavy atom. The Balaban J connectivity index is 2.37. The van der Waals surface area contributed by atoms with Gasteiger partial charge in [0.25, 0.3) is 5.95 Å². The number of ether oxygens (including phenoxy) is 2. The van der Waals surface area contributed by atoms with Gasteiger partial charge in [0.05, 0.1) is 0 Å². The molecule has 0 aliphatic carbocycles. The van der Waals surface area contributed by atoms with Gasteiger partial charge in [0.15, 0.2) is 0 Å². The normalized spacial score (nSPS) is 19.7. The Hall–Kier alpha value is -0.660. The van der Waals surface area contributed by atoms with Gasteiger partial charge in [0.2, 0.25) is 0 Å². The van der Waals surface area contributed by atoms with Crippen LogP contribution in [0.5, 0.6) is 0 Å². The van der Waals surface area contributed by atoms with E-state index >= 15 is 0 Å². The van der Waals surface area contributed by atoms with Crippen molar-refractivity contribution in [1.82, 2.24) is 0 Å². The highest BCUT2D eigenvalue weighted by Crippen LogP contribution is 2.02. The van der Waals surface area contributed by atoms with Crippen LogP contribution in [0.3, 0.4) is 0 Å². The molecule has 1 aliphatic rings. The second-order valence-electron chi connectivity index (χ2n) is 1.07. The van der Waals surface area contributed by atoms with Gasteiger partial charge in [-0.2, -0.15) is 0 Å². The first-order valence-corrected chi connectivity index (χ1v) is 1.84. The van der Waals surface area contributed by atoms with E-state index in [0.717, 1.165) is 0 Å². The van der Waals surface area contributed by atoms with Gasteiger partial charge >= 0.3 is 0 Å². The molecule has 1 rings (SSSR count). The van der Waals surface area contributed by atoms with Gasteiger partial charge in [-0.05, 0) is 6.58 Å². The molecule has 0 aromatic heterocycles. The summed E-state index contributed by atoms with van der Waals surface area (Å²) in [6.07, 6.45) is 0. The number of rotatable bonds is 0. The highest BCUT2D eigenvalue weighted by Gasteiger charge is 2.01. The summed E-state index contributed by atoms with van der Waals surface area (Å²) in [7, 11) is 0. The third kappa shape index (κ3) is 0.455.